The van der Waals surface area contributed by atoms with Crippen molar-refractivity contribution in [1.29, 1.82) is 0 Å². The van der Waals surface area contributed by atoms with Gasteiger partial charge in [0.15, 0.2) is 0 Å². The number of hydrogen-bond acceptors (Lipinski definition) is 3. The maximum Gasteiger partial charge on any atom is 0.130 e. The zero-order chi connectivity index (χ0) is 15.4. The summed E-state index contributed by atoms with van der Waals surface area (Å²) < 4.78 is 2.03. The number of nitrogens with two attached hydrogens (primary N) is 1. The third kappa shape index (κ3) is 4.51. The highest BCUT2D eigenvalue weighted by Crippen LogP contribution is 2.26. The van der Waals surface area contributed by atoms with Crippen molar-refractivity contribution in [1.82, 2.24) is 9.78 Å². The van der Waals surface area contributed by atoms with E-state index in [4.69, 9.17) is 5.73 Å². The summed E-state index contributed by atoms with van der Waals surface area (Å²) in [7, 11) is 2.04. The molecule has 0 fully saturated rings. The molecule has 0 aliphatic heterocycles. The van der Waals surface area contributed by atoms with Gasteiger partial charge in [-0.15, -0.1) is 0 Å². The monoisotopic (exact) mass is 280 g/mol. The van der Waals surface area contributed by atoms with Crippen molar-refractivity contribution >= 4 is 5.82 Å². The van der Waals surface area contributed by atoms with Gasteiger partial charge >= 0.3 is 0 Å². The van der Waals surface area contributed by atoms with Crippen LogP contribution in [0.1, 0.15) is 45.9 Å². The van der Waals surface area contributed by atoms with E-state index in [1.165, 1.54) is 11.4 Å². The summed E-state index contributed by atoms with van der Waals surface area (Å²) in [5.74, 6) is 2.52. The summed E-state index contributed by atoms with van der Waals surface area (Å²) in [6.07, 6.45) is 0.891. The molecule has 4 heteroatoms. The van der Waals surface area contributed by atoms with Crippen LogP contribution in [0.4, 0.5) is 5.82 Å². The van der Waals surface area contributed by atoms with E-state index in [1.807, 2.05) is 11.7 Å². The lowest BCUT2D eigenvalue weighted by atomic mass is 10.1. The average Bonchev–Trinajstić information content (AvgIpc) is 2.50. The highest BCUT2D eigenvalue weighted by atomic mass is 15.4. The molecule has 0 spiro atoms. The van der Waals surface area contributed by atoms with Gasteiger partial charge in [-0.2, -0.15) is 5.10 Å². The molecule has 116 valence electrons. The zero-order valence-electron chi connectivity index (χ0n) is 14.3. The van der Waals surface area contributed by atoms with Crippen LogP contribution in [0, 0.1) is 18.8 Å². The predicted molar refractivity (Wildman–Crippen MR) is 87.2 cm³/mol. The zero-order valence-corrected chi connectivity index (χ0v) is 14.3. The molecular formula is C16H32N4. The molecule has 1 unspecified atom stereocenters. The van der Waals surface area contributed by atoms with Crippen LogP contribution in [0.3, 0.4) is 0 Å². The second kappa shape index (κ2) is 7.11. The van der Waals surface area contributed by atoms with Gasteiger partial charge in [0.2, 0.25) is 0 Å². The second-order valence-corrected chi connectivity index (χ2v) is 6.89. The first-order chi connectivity index (χ1) is 9.22. The van der Waals surface area contributed by atoms with Gasteiger partial charge in [0.1, 0.15) is 5.82 Å². The molecular weight excluding hydrogens is 248 g/mol. The maximum atomic E-state index is 6.02. The summed E-state index contributed by atoms with van der Waals surface area (Å²) in [5, 5.41) is 4.62. The molecule has 20 heavy (non-hydrogen) atoms. The van der Waals surface area contributed by atoms with Gasteiger partial charge in [-0.25, -0.2) is 0 Å². The highest BCUT2D eigenvalue weighted by Gasteiger charge is 2.21. The summed E-state index contributed by atoms with van der Waals surface area (Å²) in [6.45, 7) is 15.3. The first kappa shape index (κ1) is 17.0. The first-order valence-corrected chi connectivity index (χ1v) is 7.75. The van der Waals surface area contributed by atoms with Crippen LogP contribution in [0.2, 0.25) is 0 Å². The molecule has 0 bridgehead atoms. The van der Waals surface area contributed by atoms with Crippen molar-refractivity contribution in [3.63, 3.8) is 0 Å². The van der Waals surface area contributed by atoms with Crippen LogP contribution in [-0.2, 0) is 13.5 Å². The van der Waals surface area contributed by atoms with E-state index in [1.54, 1.807) is 0 Å². The number of nitrogens with zero attached hydrogens (tertiary/aromatic N) is 3. The van der Waals surface area contributed by atoms with Crippen molar-refractivity contribution in [2.24, 2.45) is 24.6 Å². The lowest BCUT2D eigenvalue weighted by Gasteiger charge is -2.29. The average molecular weight is 280 g/mol. The topological polar surface area (TPSA) is 47.1 Å². The van der Waals surface area contributed by atoms with Crippen molar-refractivity contribution < 1.29 is 0 Å². The summed E-state index contributed by atoms with van der Waals surface area (Å²) in [6, 6.07) is 0.164. The molecule has 0 radical (unpaired) electrons. The van der Waals surface area contributed by atoms with Crippen LogP contribution < -0.4 is 10.6 Å². The highest BCUT2D eigenvalue weighted by molar-refractivity contribution is 5.50. The molecule has 1 atom stereocenters. The number of aromatic nitrogens is 2. The van der Waals surface area contributed by atoms with Gasteiger partial charge in [-0.1, -0.05) is 27.7 Å². The molecule has 1 heterocycles. The Bertz CT molecular complexity index is 408. The summed E-state index contributed by atoms with van der Waals surface area (Å²) in [4.78, 5) is 2.48. The Kier molecular flexibility index (Phi) is 6.06. The van der Waals surface area contributed by atoms with Gasteiger partial charge in [0, 0.05) is 31.7 Å². The third-order valence-corrected chi connectivity index (χ3v) is 3.31. The summed E-state index contributed by atoms with van der Waals surface area (Å²) >= 11 is 0. The Morgan fingerprint density at radius 3 is 2.00 bits per heavy atom. The van der Waals surface area contributed by atoms with Crippen molar-refractivity contribution in [3.05, 3.63) is 11.3 Å². The van der Waals surface area contributed by atoms with E-state index in [2.05, 4.69) is 51.5 Å². The smallest absolute Gasteiger partial charge is 0.130 e. The lowest BCUT2D eigenvalue weighted by Crippen LogP contribution is -2.34. The van der Waals surface area contributed by atoms with Gasteiger partial charge in [-0.05, 0) is 32.1 Å². The van der Waals surface area contributed by atoms with Crippen LogP contribution in [0.15, 0.2) is 0 Å². The quantitative estimate of drug-likeness (QED) is 0.835. The van der Waals surface area contributed by atoms with E-state index in [0.717, 1.165) is 25.2 Å². The number of hydrogen-bond donors (Lipinski definition) is 1. The van der Waals surface area contributed by atoms with Crippen LogP contribution in [-0.4, -0.2) is 28.9 Å². The maximum absolute atomic E-state index is 6.02. The van der Waals surface area contributed by atoms with Crippen molar-refractivity contribution in [3.8, 4) is 0 Å². The van der Waals surface area contributed by atoms with Crippen LogP contribution >= 0.6 is 0 Å². The normalized spacial score (nSPS) is 13.3. The molecule has 1 aromatic heterocycles. The first-order valence-electron chi connectivity index (χ1n) is 7.75. The fraction of sp³-hybridized carbons (Fsp3) is 0.812. The van der Waals surface area contributed by atoms with Crippen LogP contribution in [0.5, 0.6) is 0 Å². The molecule has 0 saturated carbocycles. The van der Waals surface area contributed by atoms with Crippen molar-refractivity contribution in [2.75, 3.05) is 18.0 Å². The molecule has 0 saturated heterocycles. The van der Waals surface area contributed by atoms with E-state index in [0.29, 0.717) is 11.8 Å². The second-order valence-electron chi connectivity index (χ2n) is 6.89. The molecule has 0 aliphatic rings. The molecule has 0 amide bonds. The molecule has 0 aliphatic carbocycles. The molecule has 4 nitrogen and oxygen atoms in total. The number of aryl methyl sites for hydroxylation is 2. The van der Waals surface area contributed by atoms with E-state index < -0.39 is 0 Å². The molecule has 0 aromatic carbocycles. The standard InChI is InChI=1S/C16H32N4/c1-11(2)9-20(10-12(3)4)16-15(8-13(5)17)14(6)18-19(16)7/h11-13H,8-10,17H2,1-7H3. The Labute approximate surface area is 124 Å². The molecule has 1 aromatic rings. The number of anilines is 1. The minimum atomic E-state index is 0.164. The predicted octanol–water partition coefficient (Wildman–Crippen LogP) is 2.74. The Balaban J connectivity index is 3.16. The fourth-order valence-corrected chi connectivity index (χ4v) is 2.78. The molecule has 1 rings (SSSR count). The van der Waals surface area contributed by atoms with E-state index in [-0.39, 0.29) is 6.04 Å². The van der Waals surface area contributed by atoms with E-state index >= 15 is 0 Å². The Morgan fingerprint density at radius 1 is 1.10 bits per heavy atom. The van der Waals surface area contributed by atoms with Gasteiger partial charge in [-0.3, -0.25) is 4.68 Å². The molecule has 2 N–H and O–H groups in total. The fourth-order valence-electron chi connectivity index (χ4n) is 2.78. The largest absolute Gasteiger partial charge is 0.356 e. The SMILES string of the molecule is Cc1nn(C)c(N(CC(C)C)CC(C)C)c1CC(C)N. The lowest BCUT2D eigenvalue weighted by molar-refractivity contribution is 0.537. The van der Waals surface area contributed by atoms with Gasteiger partial charge < -0.3 is 10.6 Å². The third-order valence-electron chi connectivity index (χ3n) is 3.31. The summed E-state index contributed by atoms with van der Waals surface area (Å²) in [5.41, 5.74) is 8.44. The minimum Gasteiger partial charge on any atom is -0.356 e. The Morgan fingerprint density at radius 2 is 1.60 bits per heavy atom. The Hall–Kier alpha value is -1.03. The van der Waals surface area contributed by atoms with E-state index in [9.17, 15) is 0 Å². The number of rotatable bonds is 7. The van der Waals surface area contributed by atoms with Gasteiger partial charge in [0.05, 0.1) is 5.69 Å². The van der Waals surface area contributed by atoms with Gasteiger partial charge in [0.25, 0.3) is 0 Å². The van der Waals surface area contributed by atoms with Crippen molar-refractivity contribution in [2.45, 2.75) is 54.0 Å². The van der Waals surface area contributed by atoms with Crippen LogP contribution in [0.25, 0.3) is 0 Å². The minimum absolute atomic E-state index is 0.164.